The van der Waals surface area contributed by atoms with Gasteiger partial charge in [-0.25, -0.2) is 0 Å². The predicted molar refractivity (Wildman–Crippen MR) is 106 cm³/mol. The number of hydrogen-bond acceptors (Lipinski definition) is 4. The van der Waals surface area contributed by atoms with Gasteiger partial charge in [0.15, 0.2) is 0 Å². The second kappa shape index (κ2) is 7.51. The molecule has 0 atom stereocenters. The first kappa shape index (κ1) is 17.7. The molecule has 5 heteroatoms. The smallest absolute Gasteiger partial charge is 0.257 e. The summed E-state index contributed by atoms with van der Waals surface area (Å²) in [7, 11) is 1.68. The maximum Gasteiger partial charge on any atom is 0.257 e. The Kier molecular flexibility index (Phi) is 4.92. The molecule has 1 heterocycles. The van der Waals surface area contributed by atoms with Crippen LogP contribution in [0.5, 0.6) is 11.5 Å². The van der Waals surface area contributed by atoms with E-state index in [0.717, 1.165) is 50.2 Å². The van der Waals surface area contributed by atoms with Gasteiger partial charge in [0.1, 0.15) is 11.5 Å². The molecule has 1 aliphatic carbocycles. The first-order valence-corrected chi connectivity index (χ1v) is 9.69. The maximum absolute atomic E-state index is 13.0. The highest BCUT2D eigenvalue weighted by molar-refractivity contribution is 5.97. The number of amides is 1. The van der Waals surface area contributed by atoms with Crippen LogP contribution in [0.4, 0.5) is 5.69 Å². The monoisotopic (exact) mass is 366 g/mol. The van der Waals surface area contributed by atoms with Crippen LogP contribution in [0.25, 0.3) is 0 Å². The Balaban J connectivity index is 1.48. The lowest BCUT2D eigenvalue weighted by Gasteiger charge is -2.36. The van der Waals surface area contributed by atoms with Crippen molar-refractivity contribution in [1.29, 1.82) is 0 Å². The Morgan fingerprint density at radius 2 is 1.67 bits per heavy atom. The number of carbonyl (C=O) groups excluding carboxylic acids is 1. The number of fused-ring (bicyclic) bond motifs is 1. The van der Waals surface area contributed by atoms with Crippen LogP contribution in [0.15, 0.2) is 36.4 Å². The van der Waals surface area contributed by atoms with E-state index in [4.69, 9.17) is 4.74 Å². The Hall–Kier alpha value is -2.69. The number of benzene rings is 2. The molecule has 1 saturated heterocycles. The van der Waals surface area contributed by atoms with E-state index >= 15 is 0 Å². The van der Waals surface area contributed by atoms with Crippen LogP contribution in [0.1, 0.15) is 34.3 Å². The summed E-state index contributed by atoms with van der Waals surface area (Å²) >= 11 is 0. The van der Waals surface area contributed by atoms with Crippen LogP contribution in [-0.2, 0) is 12.8 Å². The minimum atomic E-state index is -0.0689. The molecule has 2 aliphatic rings. The van der Waals surface area contributed by atoms with Gasteiger partial charge in [-0.15, -0.1) is 0 Å². The van der Waals surface area contributed by atoms with Crippen LogP contribution in [-0.4, -0.2) is 49.2 Å². The van der Waals surface area contributed by atoms with Crippen LogP contribution in [0.3, 0.4) is 0 Å². The summed E-state index contributed by atoms with van der Waals surface area (Å²) in [4.78, 5) is 17.1. The van der Waals surface area contributed by atoms with Gasteiger partial charge in [0.2, 0.25) is 0 Å². The SMILES string of the molecule is COc1ccccc1N1CCN(C(=O)c2cc3c(cc2O)CCCC3)CC1. The molecule has 0 unspecified atom stereocenters. The quantitative estimate of drug-likeness (QED) is 0.906. The van der Waals surface area contributed by atoms with E-state index in [1.807, 2.05) is 35.2 Å². The van der Waals surface area contributed by atoms with Crippen molar-refractivity contribution in [3.63, 3.8) is 0 Å². The average Bonchev–Trinajstić information content (AvgIpc) is 2.73. The predicted octanol–water partition coefficient (Wildman–Crippen LogP) is 3.24. The molecule has 142 valence electrons. The van der Waals surface area contributed by atoms with Crippen molar-refractivity contribution in [2.45, 2.75) is 25.7 Å². The second-order valence-electron chi connectivity index (χ2n) is 7.30. The van der Waals surface area contributed by atoms with Gasteiger partial charge in [0.25, 0.3) is 5.91 Å². The average molecular weight is 366 g/mol. The standard InChI is InChI=1S/C22H26N2O3/c1-27-21-9-5-4-8-19(21)23-10-12-24(13-11-23)22(26)18-14-16-6-2-3-7-17(16)15-20(18)25/h4-5,8-9,14-15,25H,2-3,6-7,10-13H2,1H3. The third-order valence-corrected chi connectivity index (χ3v) is 5.68. The minimum absolute atomic E-state index is 0.0689. The summed E-state index contributed by atoms with van der Waals surface area (Å²) < 4.78 is 5.46. The fourth-order valence-corrected chi connectivity index (χ4v) is 4.16. The van der Waals surface area contributed by atoms with Gasteiger partial charge in [0, 0.05) is 26.2 Å². The van der Waals surface area contributed by atoms with Crippen molar-refractivity contribution in [3.05, 3.63) is 53.1 Å². The third kappa shape index (κ3) is 3.46. The number of nitrogens with zero attached hydrogens (tertiary/aromatic N) is 2. The Labute approximate surface area is 160 Å². The number of carbonyl (C=O) groups is 1. The Morgan fingerprint density at radius 1 is 1.00 bits per heavy atom. The number of rotatable bonds is 3. The lowest BCUT2D eigenvalue weighted by molar-refractivity contribution is 0.0743. The summed E-state index contributed by atoms with van der Waals surface area (Å²) in [5.41, 5.74) is 3.91. The molecule has 1 fully saturated rings. The van der Waals surface area contributed by atoms with Gasteiger partial charge < -0.3 is 19.6 Å². The van der Waals surface area contributed by atoms with Crippen molar-refractivity contribution in [2.24, 2.45) is 0 Å². The molecule has 1 aliphatic heterocycles. The zero-order valence-corrected chi connectivity index (χ0v) is 15.8. The zero-order valence-electron chi connectivity index (χ0n) is 15.8. The first-order valence-electron chi connectivity index (χ1n) is 9.69. The third-order valence-electron chi connectivity index (χ3n) is 5.68. The number of methoxy groups -OCH3 is 1. The van der Waals surface area contributed by atoms with E-state index in [0.29, 0.717) is 18.7 Å². The van der Waals surface area contributed by atoms with Gasteiger partial charge in [-0.3, -0.25) is 4.79 Å². The van der Waals surface area contributed by atoms with Gasteiger partial charge in [-0.05, 0) is 61.1 Å². The van der Waals surface area contributed by atoms with Crippen molar-refractivity contribution in [1.82, 2.24) is 4.90 Å². The number of ether oxygens (including phenoxy) is 1. The number of phenolic OH excluding ortho intramolecular Hbond substituents is 1. The Bertz CT molecular complexity index is 841. The van der Waals surface area contributed by atoms with Gasteiger partial charge >= 0.3 is 0 Å². The lowest BCUT2D eigenvalue weighted by atomic mass is 9.89. The van der Waals surface area contributed by atoms with Crippen LogP contribution in [0, 0.1) is 0 Å². The van der Waals surface area contributed by atoms with Crippen LogP contribution < -0.4 is 9.64 Å². The molecule has 27 heavy (non-hydrogen) atoms. The molecule has 1 amide bonds. The molecule has 5 nitrogen and oxygen atoms in total. The number of anilines is 1. The zero-order chi connectivity index (χ0) is 18.8. The molecular formula is C22H26N2O3. The topological polar surface area (TPSA) is 53.0 Å². The Morgan fingerprint density at radius 3 is 2.37 bits per heavy atom. The summed E-state index contributed by atoms with van der Waals surface area (Å²) in [6.45, 7) is 2.76. The molecule has 2 aromatic rings. The first-order chi connectivity index (χ1) is 13.2. The molecule has 2 aromatic carbocycles. The number of aryl methyl sites for hydroxylation is 2. The normalized spacial score (nSPS) is 16.8. The van der Waals surface area contributed by atoms with E-state index in [1.54, 1.807) is 13.2 Å². The van der Waals surface area contributed by atoms with E-state index < -0.39 is 0 Å². The number of para-hydroxylation sites is 2. The highest BCUT2D eigenvalue weighted by Gasteiger charge is 2.26. The summed E-state index contributed by atoms with van der Waals surface area (Å²) in [6, 6.07) is 11.7. The van der Waals surface area contributed by atoms with Gasteiger partial charge in [-0.2, -0.15) is 0 Å². The van der Waals surface area contributed by atoms with E-state index in [1.165, 1.54) is 11.1 Å². The molecule has 1 N–H and O–H groups in total. The molecule has 0 bridgehead atoms. The van der Waals surface area contributed by atoms with Gasteiger partial charge in [0.05, 0.1) is 18.4 Å². The lowest BCUT2D eigenvalue weighted by Crippen LogP contribution is -2.48. The summed E-state index contributed by atoms with van der Waals surface area (Å²) in [5.74, 6) is 0.901. The van der Waals surface area contributed by atoms with Crippen molar-refractivity contribution in [3.8, 4) is 11.5 Å². The van der Waals surface area contributed by atoms with Crippen molar-refractivity contribution in [2.75, 3.05) is 38.2 Å². The molecule has 0 spiro atoms. The number of phenols is 1. The fourth-order valence-electron chi connectivity index (χ4n) is 4.16. The van der Waals surface area contributed by atoms with Gasteiger partial charge in [-0.1, -0.05) is 12.1 Å². The number of piperazine rings is 1. The fraction of sp³-hybridized carbons (Fsp3) is 0.409. The van der Waals surface area contributed by atoms with Crippen molar-refractivity contribution >= 4 is 11.6 Å². The highest BCUT2D eigenvalue weighted by atomic mass is 16.5. The maximum atomic E-state index is 13.0. The van der Waals surface area contributed by atoms with E-state index in [-0.39, 0.29) is 11.7 Å². The van der Waals surface area contributed by atoms with Crippen LogP contribution in [0.2, 0.25) is 0 Å². The molecule has 0 aromatic heterocycles. The number of hydrogen-bond donors (Lipinski definition) is 1. The molecule has 0 saturated carbocycles. The van der Waals surface area contributed by atoms with E-state index in [2.05, 4.69) is 4.90 Å². The summed E-state index contributed by atoms with van der Waals surface area (Å²) in [5, 5.41) is 10.4. The largest absolute Gasteiger partial charge is 0.507 e. The second-order valence-corrected chi connectivity index (χ2v) is 7.30. The molecule has 4 rings (SSSR count). The van der Waals surface area contributed by atoms with E-state index in [9.17, 15) is 9.90 Å². The highest BCUT2D eigenvalue weighted by Crippen LogP contribution is 2.31. The summed E-state index contributed by atoms with van der Waals surface area (Å²) in [6.07, 6.45) is 4.31. The molecular weight excluding hydrogens is 340 g/mol. The van der Waals surface area contributed by atoms with Crippen LogP contribution >= 0.6 is 0 Å². The molecule has 0 radical (unpaired) electrons. The van der Waals surface area contributed by atoms with Crippen molar-refractivity contribution < 1.29 is 14.6 Å². The number of aromatic hydroxyl groups is 1. The minimum Gasteiger partial charge on any atom is -0.507 e.